The van der Waals surface area contributed by atoms with E-state index in [4.69, 9.17) is 14.7 Å². The predicted octanol–water partition coefficient (Wildman–Crippen LogP) is 22.7. The molecule has 3 aliphatic heterocycles. The van der Waals surface area contributed by atoms with Crippen LogP contribution in [0.1, 0.15) is 170 Å². The second-order valence-corrected chi connectivity index (χ2v) is 38.1. The van der Waals surface area contributed by atoms with Gasteiger partial charge in [-0.05, 0) is 397 Å². The van der Waals surface area contributed by atoms with Gasteiger partial charge < -0.3 is 19.6 Å². The standard InChI is InChI=1S/C101H48N6O4/c1-9-26-21(2)30-18-34-27(11-10-16-106(6)7)22(3)29(103-34)17-31-23(4)28(12-13-35(108)111-8)96(104-31)91-97-36(24(5)32(105-97)19-33(26)102-30)98(109)107(99(91)110)25-14-15-100-92-83-75-65-55-47-39-37-38-41-45-43(39)51-59-53(45)63-57-49(41)50-42(38)46-44-40(37)48(47)56-62-52(44)60-54(46)64-58(50)68-67(57)77-71(63)81-73(59)79(69(75)61(51)55)85(92)87(81)94-89(77)90-78(68)72(64)82-74(60)80-70(62)76(66(56)65)84(83)93(100)86(80)88(82)95(90)101(94,100)20-25/h10-11,14,17-19,23,28,77,89,103,105H,9,12-13,15-16,20H2,1-8H3/b11-10-,29-17?,30-18?,31-17?,32-19?,33-19?,34-18?,96-91?/t23-,28-,77?,89?,100?,101?/m0/s1. The molecule has 10 heteroatoms. The lowest BCUT2D eigenvalue weighted by Crippen LogP contribution is -2.57. The van der Waals surface area contributed by atoms with E-state index >= 15 is 9.59 Å². The van der Waals surface area contributed by atoms with Crippen LogP contribution in [0.4, 0.5) is 0 Å². The van der Waals surface area contributed by atoms with Gasteiger partial charge in [-0.3, -0.25) is 19.4 Å². The number of hydrogen-bond donors (Lipinski definition) is 2. The van der Waals surface area contributed by atoms with Crippen molar-refractivity contribution in [1.29, 1.82) is 0 Å². The van der Waals surface area contributed by atoms with E-state index in [0.29, 0.717) is 41.6 Å². The zero-order valence-corrected chi connectivity index (χ0v) is 60.9. The summed E-state index contributed by atoms with van der Waals surface area (Å²) < 4.78 is 5.46. The Morgan fingerprint density at radius 1 is 0.532 bits per heavy atom. The van der Waals surface area contributed by atoms with Crippen molar-refractivity contribution < 1.29 is 19.1 Å². The number of rotatable bonds is 8. The maximum atomic E-state index is 17.9. The average molecular weight is 1410 g/mol. The Morgan fingerprint density at radius 2 is 1.00 bits per heavy atom. The number of benzene rings is 16. The van der Waals surface area contributed by atoms with Gasteiger partial charge in [0.2, 0.25) is 0 Å². The number of aromatic amines is 2. The van der Waals surface area contributed by atoms with Gasteiger partial charge in [-0.25, -0.2) is 9.88 Å². The minimum absolute atomic E-state index is 0.0612. The first-order chi connectivity index (χ1) is 54.4. The summed E-state index contributed by atoms with van der Waals surface area (Å²) in [5.41, 5.74) is 23.2. The molecule has 6 atom stereocenters. The Morgan fingerprint density at radius 3 is 1.54 bits per heavy atom. The van der Waals surface area contributed by atoms with Gasteiger partial charge in [0.1, 0.15) is 0 Å². The number of fused-ring (bicyclic) bond motifs is 8. The molecule has 111 heavy (non-hydrogen) atoms. The van der Waals surface area contributed by atoms with Crippen LogP contribution in [-0.2, 0) is 20.4 Å². The number of amides is 2. The summed E-state index contributed by atoms with van der Waals surface area (Å²) in [4.78, 5) is 72.0. The summed E-state index contributed by atoms with van der Waals surface area (Å²) in [6.45, 7) is 11.6. The van der Waals surface area contributed by atoms with Crippen molar-refractivity contribution in [3.05, 3.63) is 125 Å². The van der Waals surface area contributed by atoms with Crippen molar-refractivity contribution in [3.8, 4) is 0 Å². The van der Waals surface area contributed by atoms with Crippen molar-refractivity contribution >= 4 is 321 Å². The Balaban J connectivity index is 0.708. The molecule has 8 aliphatic carbocycles. The molecule has 0 saturated carbocycles. The molecule has 0 fully saturated rings. The zero-order valence-electron chi connectivity index (χ0n) is 60.9. The third kappa shape index (κ3) is 3.71. The number of allylic oxidation sites excluding steroid dienone is 4. The van der Waals surface area contributed by atoms with Gasteiger partial charge in [0, 0.05) is 87.4 Å². The van der Waals surface area contributed by atoms with E-state index < -0.39 is 10.8 Å². The Kier molecular flexibility index (Phi) is 6.23. The van der Waals surface area contributed by atoms with E-state index in [0.717, 1.165) is 80.1 Å². The smallest absolute Gasteiger partial charge is 0.305 e. The Hall–Kier alpha value is -12.4. The molecular weight excluding hydrogens is 1360 g/mol. The molecule has 25 aromatic carbocycles. The van der Waals surface area contributed by atoms with E-state index in [-0.39, 0.29) is 47.9 Å². The van der Waals surface area contributed by atoms with Crippen molar-refractivity contribution in [1.82, 2.24) is 29.7 Å². The van der Waals surface area contributed by atoms with Crippen LogP contribution >= 0.6 is 0 Å². The zero-order chi connectivity index (χ0) is 70.8. The topological polar surface area (TPSA) is 124 Å². The van der Waals surface area contributed by atoms with Gasteiger partial charge >= 0.3 is 5.97 Å². The van der Waals surface area contributed by atoms with Crippen LogP contribution in [0.3, 0.4) is 0 Å². The van der Waals surface area contributed by atoms with Crippen molar-refractivity contribution in [2.24, 2.45) is 0 Å². The fraction of sp³-hybridized carbons (Fsp3) is 0.198. The van der Waals surface area contributed by atoms with E-state index in [1.807, 2.05) is 0 Å². The molecule has 2 spiro atoms. The summed E-state index contributed by atoms with van der Waals surface area (Å²) >= 11 is 0. The van der Waals surface area contributed by atoms with Gasteiger partial charge in [0.05, 0.1) is 40.8 Å². The number of hydrogen-bond acceptors (Lipinski definition) is 7. The van der Waals surface area contributed by atoms with Gasteiger partial charge in [-0.2, -0.15) is 0 Å². The summed E-state index contributed by atoms with van der Waals surface area (Å²) in [7, 11) is 5.64. The Bertz CT molecular complexity index is 10100. The Labute approximate surface area is 620 Å². The summed E-state index contributed by atoms with van der Waals surface area (Å²) in [6, 6.07) is 6.52. The predicted molar refractivity (Wildman–Crippen MR) is 451 cm³/mol. The molecule has 10 nitrogen and oxygen atoms in total. The number of methoxy groups -OCH3 is 1. The fourth-order valence-electron chi connectivity index (χ4n) is 33.0. The number of esters is 1. The minimum Gasteiger partial charge on any atom is -0.469 e. The highest BCUT2D eigenvalue weighted by molar-refractivity contribution is 6.80. The van der Waals surface area contributed by atoms with E-state index in [2.05, 4.69) is 100 Å². The molecule has 11 aliphatic rings. The number of H-pyrrole nitrogens is 2. The SMILES string of the molecule is CCC1=C(C)c2cc3[nH]c(cc4nc(c5c6[nH]c(cc1n2)c(C)c6C(=O)N(C1=CCC26c7c8c9c%10c%11c%12c%13c%14c%15c%16c%17c(c%18c%19c2c2c7c7c%20c8c%10c8c%12c%10c%12c%13c%13c%15c%15c%16c%18c%16c%19c%18c2c2c7c7c%20c8c%10c8c7c7c2c%18c2c%16c%15c%10c%13c%12c8c7c%102)C6(C1)C=9C%17C%11%14)C5=O)[C@@H](CCC(=O)OC)[C@@H]4C)c(C)c3/C=C\CN(C)C. The number of carbonyl (C=O) groups is 3. The molecule has 0 saturated heterocycles. The molecule has 39 rings (SSSR count). The largest absolute Gasteiger partial charge is 0.469 e. The second kappa shape index (κ2) is 13.5. The van der Waals surface area contributed by atoms with Crippen LogP contribution < -0.4 is 5.22 Å². The lowest BCUT2D eigenvalue weighted by Gasteiger charge is -2.57. The third-order valence-corrected chi connectivity index (χ3v) is 35.5. The lowest BCUT2D eigenvalue weighted by atomic mass is 9.44. The van der Waals surface area contributed by atoms with Crippen LogP contribution in [0.5, 0.6) is 0 Å². The minimum atomic E-state index is -0.706. The fourth-order valence-corrected chi connectivity index (χ4v) is 33.0. The molecule has 28 aromatic rings. The number of carbonyl (C=O) groups excluding carboxylic acids is 3. The third-order valence-electron chi connectivity index (χ3n) is 35.5. The van der Waals surface area contributed by atoms with Gasteiger partial charge in [-0.1, -0.05) is 32.1 Å². The first kappa shape index (κ1) is 51.1. The van der Waals surface area contributed by atoms with Crippen molar-refractivity contribution in [3.63, 3.8) is 0 Å². The monoisotopic (exact) mass is 1410 g/mol. The van der Waals surface area contributed by atoms with E-state index in [1.165, 1.54) is 17.9 Å². The molecule has 2 N–H and O–H groups in total. The highest BCUT2D eigenvalue weighted by atomic mass is 16.5. The van der Waals surface area contributed by atoms with Crippen LogP contribution in [0, 0.1) is 13.8 Å². The summed E-state index contributed by atoms with van der Waals surface area (Å²) in [5.74, 6) is -1.38. The summed E-state index contributed by atoms with van der Waals surface area (Å²) in [5, 5.41) is 77.0. The van der Waals surface area contributed by atoms with Gasteiger partial charge in [-0.15, -0.1) is 0 Å². The highest BCUT2D eigenvalue weighted by Gasteiger charge is 2.74. The van der Waals surface area contributed by atoms with Gasteiger partial charge in [0.25, 0.3) is 11.8 Å². The number of aryl methyl sites for hydroxylation is 2. The number of likely N-dealkylation sites (N-methyl/N-ethyl adjacent to an activating group) is 1. The van der Waals surface area contributed by atoms with Crippen LogP contribution in [0.15, 0.2) is 36.0 Å². The molecule has 6 heterocycles. The lowest BCUT2D eigenvalue weighted by molar-refractivity contribution is -0.140. The first-order valence-corrected chi connectivity index (χ1v) is 40.8. The molecule has 0 radical (unpaired) electrons. The van der Waals surface area contributed by atoms with Crippen molar-refractivity contribution in [2.45, 2.75) is 101 Å². The normalized spacial score (nSPS) is 23.2. The highest BCUT2D eigenvalue weighted by Crippen LogP contribution is 2.87. The van der Waals surface area contributed by atoms with E-state index in [9.17, 15) is 4.79 Å². The molecule has 3 aromatic heterocycles. The van der Waals surface area contributed by atoms with Crippen LogP contribution in [0.2, 0.25) is 0 Å². The van der Waals surface area contributed by atoms with E-state index in [1.54, 1.807) is 297 Å². The molecule has 4 unspecified atom stereocenters. The number of aromatic nitrogens is 4. The molecule has 506 valence electrons. The summed E-state index contributed by atoms with van der Waals surface area (Å²) in [6.07, 6.45) is 9.35. The number of nitrogens with zero attached hydrogens (tertiary/aromatic N) is 4. The maximum Gasteiger partial charge on any atom is 0.305 e. The number of imide groups is 1. The van der Waals surface area contributed by atoms with Gasteiger partial charge in [0.15, 0.2) is 0 Å². The second-order valence-electron chi connectivity index (χ2n) is 38.1. The molecule has 2 amide bonds. The number of ether oxygens (including phenoxy) is 1. The van der Waals surface area contributed by atoms with Crippen LogP contribution in [0.25, 0.3) is 303 Å². The molecule has 8 bridgehead atoms. The number of nitrogens with one attached hydrogen (secondary N) is 2. The average Bonchev–Trinajstić information content (AvgIpc) is 1.38. The maximum absolute atomic E-state index is 17.9. The van der Waals surface area contributed by atoms with Crippen LogP contribution in [-0.4, -0.2) is 75.3 Å². The first-order valence-electron chi connectivity index (χ1n) is 40.8. The quantitative estimate of drug-likeness (QED) is 0.0882. The molecular formula is C101H48N6O4. The van der Waals surface area contributed by atoms with Crippen molar-refractivity contribution in [2.75, 3.05) is 27.7 Å².